The van der Waals surface area contributed by atoms with Gasteiger partial charge >= 0.3 is 19.8 Å². The minimum absolute atomic E-state index is 0.0351. The van der Waals surface area contributed by atoms with Crippen LogP contribution >= 0.6 is 7.82 Å². The van der Waals surface area contributed by atoms with Crippen LogP contribution in [0.4, 0.5) is 0 Å². The summed E-state index contributed by atoms with van der Waals surface area (Å²) in [6.45, 7) is 4.27. The lowest BCUT2D eigenvalue weighted by Crippen LogP contribution is -2.37. The summed E-state index contributed by atoms with van der Waals surface area (Å²) in [5.41, 5.74) is 0. The molecule has 0 bridgehead atoms. The van der Waals surface area contributed by atoms with Gasteiger partial charge in [-0.15, -0.1) is 0 Å². The van der Waals surface area contributed by atoms with E-state index in [1.54, 1.807) is 0 Å². The van der Waals surface area contributed by atoms with Crippen molar-refractivity contribution in [2.45, 2.75) is 213 Å². The zero-order valence-electron chi connectivity index (χ0n) is 36.0. The van der Waals surface area contributed by atoms with Crippen LogP contribution in [0, 0.1) is 0 Å². The summed E-state index contributed by atoms with van der Waals surface area (Å²) in [4.78, 5) is 35.4. The molecule has 0 radical (unpaired) electrons. The maximum Gasteiger partial charge on any atom is 0.472 e. The van der Waals surface area contributed by atoms with Crippen LogP contribution in [0.1, 0.15) is 206 Å². The average molecular weight is 789 g/mol. The summed E-state index contributed by atoms with van der Waals surface area (Å²) in [7, 11) is 1.49. The van der Waals surface area contributed by atoms with Crippen molar-refractivity contribution >= 4 is 19.8 Å². The van der Waals surface area contributed by atoms with Crippen LogP contribution in [0.2, 0.25) is 0 Å². The zero-order valence-corrected chi connectivity index (χ0v) is 36.9. The smallest absolute Gasteiger partial charge is 0.462 e. The van der Waals surface area contributed by atoms with E-state index in [1.807, 2.05) is 21.1 Å². The highest BCUT2D eigenvalue weighted by Crippen LogP contribution is 2.43. The Morgan fingerprint density at radius 3 is 1.43 bits per heavy atom. The Morgan fingerprint density at radius 1 is 0.593 bits per heavy atom. The molecule has 0 aliphatic rings. The van der Waals surface area contributed by atoms with Crippen LogP contribution in [-0.4, -0.2) is 74.9 Å². The van der Waals surface area contributed by atoms with Gasteiger partial charge in [-0.25, -0.2) is 4.57 Å². The van der Waals surface area contributed by atoms with Gasteiger partial charge in [0.1, 0.15) is 19.8 Å². The summed E-state index contributed by atoms with van der Waals surface area (Å²) in [6, 6.07) is 0. The first-order chi connectivity index (χ1) is 26.0. The molecular formula is C44H87NO8P+. The molecule has 54 heavy (non-hydrogen) atoms. The largest absolute Gasteiger partial charge is 0.472 e. The minimum Gasteiger partial charge on any atom is -0.462 e. The highest BCUT2D eigenvalue weighted by Gasteiger charge is 2.27. The molecule has 2 atom stereocenters. The van der Waals surface area contributed by atoms with Crippen molar-refractivity contribution in [2.24, 2.45) is 0 Å². The predicted molar refractivity (Wildman–Crippen MR) is 224 cm³/mol. The van der Waals surface area contributed by atoms with Gasteiger partial charge < -0.3 is 18.9 Å². The van der Waals surface area contributed by atoms with Crippen LogP contribution in [-0.2, 0) is 32.7 Å². The standard InChI is InChI=1S/C44H86NO8P/c1-6-8-10-12-14-16-18-20-22-24-26-28-30-32-34-36-43(46)50-40-42(41-52-54(48,49)51-39-38-45(3,4)5)53-44(47)37-35-33-31-29-27-25-23-21-19-17-15-13-11-9-7-2/h7,9,42H,6,8,10-41H2,1-5H3/p+1/b9-7-. The van der Waals surface area contributed by atoms with E-state index in [4.69, 9.17) is 18.5 Å². The van der Waals surface area contributed by atoms with Crippen molar-refractivity contribution in [1.29, 1.82) is 0 Å². The molecule has 0 aromatic rings. The van der Waals surface area contributed by atoms with Gasteiger partial charge in [-0.05, 0) is 32.6 Å². The van der Waals surface area contributed by atoms with E-state index in [2.05, 4.69) is 26.0 Å². The molecule has 0 aliphatic carbocycles. The summed E-state index contributed by atoms with van der Waals surface area (Å²) in [5.74, 6) is -0.788. The van der Waals surface area contributed by atoms with E-state index in [-0.39, 0.29) is 25.6 Å². The molecule has 9 nitrogen and oxygen atoms in total. The molecule has 0 amide bonds. The number of nitrogens with zero attached hydrogens (tertiary/aromatic N) is 1. The number of hydrogen-bond donors (Lipinski definition) is 1. The van der Waals surface area contributed by atoms with E-state index in [0.29, 0.717) is 23.9 Å². The van der Waals surface area contributed by atoms with E-state index < -0.39 is 26.5 Å². The molecule has 10 heteroatoms. The molecule has 0 saturated carbocycles. The molecule has 0 rings (SSSR count). The number of carbonyl (C=O) groups excluding carboxylic acids is 2. The molecule has 0 aromatic carbocycles. The molecule has 320 valence electrons. The van der Waals surface area contributed by atoms with Gasteiger partial charge in [-0.3, -0.25) is 18.6 Å². The number of phosphoric ester groups is 1. The van der Waals surface area contributed by atoms with Crippen molar-refractivity contribution < 1.29 is 42.1 Å². The van der Waals surface area contributed by atoms with Crippen molar-refractivity contribution in [2.75, 3.05) is 47.5 Å². The normalized spacial score (nSPS) is 13.7. The third-order valence-electron chi connectivity index (χ3n) is 9.89. The van der Waals surface area contributed by atoms with Gasteiger partial charge in [-0.1, -0.05) is 173 Å². The molecule has 0 aliphatic heterocycles. The van der Waals surface area contributed by atoms with Gasteiger partial charge in [0.15, 0.2) is 6.10 Å². The van der Waals surface area contributed by atoms with E-state index >= 15 is 0 Å². The lowest BCUT2D eigenvalue weighted by atomic mass is 10.0. The van der Waals surface area contributed by atoms with Crippen molar-refractivity contribution in [3.8, 4) is 0 Å². The number of phosphoric acid groups is 1. The lowest BCUT2D eigenvalue weighted by Gasteiger charge is -2.24. The van der Waals surface area contributed by atoms with Crippen LogP contribution in [0.3, 0.4) is 0 Å². The average Bonchev–Trinajstić information content (AvgIpc) is 3.12. The topological polar surface area (TPSA) is 108 Å². The number of unbranched alkanes of at least 4 members (excludes halogenated alkanes) is 26. The first-order valence-corrected chi connectivity index (χ1v) is 23.9. The van der Waals surface area contributed by atoms with Gasteiger partial charge in [0.05, 0.1) is 27.7 Å². The summed E-state index contributed by atoms with van der Waals surface area (Å²) >= 11 is 0. The molecule has 0 fully saturated rings. The maximum atomic E-state index is 12.7. The Labute approximate surface area is 333 Å². The SMILES string of the molecule is C/C=C\CCCCCCCCCCCCCCC(=O)OC(COC(=O)CCCCCCCCCCCCCCCCC)COP(=O)(O)OCC[N+](C)(C)C. The Bertz CT molecular complexity index is 938. The molecular weight excluding hydrogens is 701 g/mol. The fourth-order valence-corrected chi connectivity index (χ4v) is 7.11. The Kier molecular flexibility index (Phi) is 36.5. The highest BCUT2D eigenvalue weighted by molar-refractivity contribution is 7.47. The van der Waals surface area contributed by atoms with Crippen LogP contribution in [0.15, 0.2) is 12.2 Å². The molecule has 0 heterocycles. The second-order valence-corrected chi connectivity index (χ2v) is 17.9. The van der Waals surface area contributed by atoms with Gasteiger partial charge in [0.25, 0.3) is 0 Å². The van der Waals surface area contributed by atoms with E-state index in [9.17, 15) is 19.0 Å². The van der Waals surface area contributed by atoms with Crippen LogP contribution < -0.4 is 0 Å². The van der Waals surface area contributed by atoms with Gasteiger partial charge in [0.2, 0.25) is 0 Å². The first-order valence-electron chi connectivity index (χ1n) is 22.4. The number of esters is 2. The maximum absolute atomic E-state index is 12.7. The van der Waals surface area contributed by atoms with Crippen molar-refractivity contribution in [1.82, 2.24) is 0 Å². The molecule has 0 spiro atoms. The zero-order chi connectivity index (χ0) is 40.0. The Balaban J connectivity index is 4.30. The number of ether oxygens (including phenoxy) is 2. The van der Waals surface area contributed by atoms with E-state index in [0.717, 1.165) is 32.1 Å². The number of rotatable bonds is 41. The van der Waals surface area contributed by atoms with Crippen molar-refractivity contribution in [3.05, 3.63) is 12.2 Å². The fourth-order valence-electron chi connectivity index (χ4n) is 6.37. The highest BCUT2D eigenvalue weighted by atomic mass is 31.2. The quantitative estimate of drug-likeness (QED) is 0.0214. The number of quaternary nitrogens is 1. The van der Waals surface area contributed by atoms with Crippen molar-refractivity contribution in [3.63, 3.8) is 0 Å². The number of likely N-dealkylation sites (N-methyl/N-ethyl adjacent to an activating group) is 1. The minimum atomic E-state index is -4.37. The Morgan fingerprint density at radius 2 is 1.00 bits per heavy atom. The monoisotopic (exact) mass is 789 g/mol. The lowest BCUT2D eigenvalue weighted by molar-refractivity contribution is -0.870. The summed E-state index contributed by atoms with van der Waals surface area (Å²) in [5, 5.41) is 0. The molecule has 0 saturated heterocycles. The van der Waals surface area contributed by atoms with Crippen LogP contribution in [0.5, 0.6) is 0 Å². The molecule has 1 N–H and O–H groups in total. The summed E-state index contributed by atoms with van der Waals surface area (Å²) < 4.78 is 34.3. The van der Waals surface area contributed by atoms with Gasteiger partial charge in [-0.2, -0.15) is 0 Å². The van der Waals surface area contributed by atoms with E-state index in [1.165, 1.54) is 141 Å². The number of hydrogen-bond acceptors (Lipinski definition) is 7. The Hall–Kier alpha value is -1.25. The second kappa shape index (κ2) is 37.3. The third-order valence-corrected chi connectivity index (χ3v) is 10.9. The number of carbonyl (C=O) groups is 2. The second-order valence-electron chi connectivity index (χ2n) is 16.5. The molecule has 0 aromatic heterocycles. The molecule has 2 unspecified atom stereocenters. The van der Waals surface area contributed by atoms with Gasteiger partial charge in [0, 0.05) is 12.8 Å². The fraction of sp³-hybridized carbons (Fsp3) is 0.909. The van der Waals surface area contributed by atoms with Crippen LogP contribution in [0.25, 0.3) is 0 Å². The number of allylic oxidation sites excluding steroid dienone is 2. The first kappa shape index (κ1) is 52.8. The summed E-state index contributed by atoms with van der Waals surface area (Å²) in [6.07, 6.45) is 38.3. The third kappa shape index (κ3) is 40.4. The predicted octanol–water partition coefficient (Wildman–Crippen LogP) is 12.6.